The summed E-state index contributed by atoms with van der Waals surface area (Å²) in [6, 6.07) is 12.0. The number of halogens is 4. The van der Waals surface area contributed by atoms with Gasteiger partial charge in [-0.2, -0.15) is 5.10 Å². The van der Waals surface area contributed by atoms with E-state index in [1.54, 1.807) is 31.2 Å². The van der Waals surface area contributed by atoms with E-state index < -0.39 is 23.8 Å². The van der Waals surface area contributed by atoms with Crippen LogP contribution in [0, 0.1) is 11.6 Å². The molecular weight excluding hydrogens is 556 g/mol. The molecule has 0 aliphatic rings. The molecule has 0 bridgehead atoms. The molecule has 0 fully saturated rings. The summed E-state index contributed by atoms with van der Waals surface area (Å²) in [5.41, 5.74) is 0.577. The highest BCUT2D eigenvalue weighted by atomic mass is 19.3. The third-order valence-electron chi connectivity index (χ3n) is 6.19. The van der Waals surface area contributed by atoms with Crippen molar-refractivity contribution in [1.82, 2.24) is 24.7 Å². The molecule has 0 atom stereocenters. The van der Waals surface area contributed by atoms with Gasteiger partial charge in [-0.05, 0) is 25.1 Å². The number of aromatic nitrogens is 5. The lowest BCUT2D eigenvalue weighted by molar-refractivity contribution is 0.146. The second-order valence-electron chi connectivity index (χ2n) is 9.05. The summed E-state index contributed by atoms with van der Waals surface area (Å²) in [6.45, 7) is 1.83. The van der Waals surface area contributed by atoms with E-state index in [1.807, 2.05) is 0 Å². The van der Waals surface area contributed by atoms with Gasteiger partial charge in [0.1, 0.15) is 28.8 Å². The van der Waals surface area contributed by atoms with Gasteiger partial charge in [-0.3, -0.25) is 9.67 Å². The average Bonchev–Trinajstić information content (AvgIpc) is 3.34. The van der Waals surface area contributed by atoms with Crippen molar-refractivity contribution in [2.45, 2.75) is 26.3 Å². The molecule has 3 heterocycles. The number of para-hydroxylation sites is 1. The number of pyridine rings is 1. The first kappa shape index (κ1) is 28.7. The molecule has 3 aromatic heterocycles. The van der Waals surface area contributed by atoms with E-state index in [4.69, 9.17) is 14.6 Å². The van der Waals surface area contributed by atoms with Crippen LogP contribution in [-0.2, 0) is 6.54 Å². The number of fused-ring (bicyclic) bond motifs is 1. The van der Waals surface area contributed by atoms with Gasteiger partial charge in [0.25, 0.3) is 6.43 Å². The highest BCUT2D eigenvalue weighted by molar-refractivity contribution is 5.92. The Bertz CT molecular complexity index is 1670. The molecule has 0 amide bonds. The monoisotopic (exact) mass is 582 g/mol. The van der Waals surface area contributed by atoms with Gasteiger partial charge in [0.2, 0.25) is 0 Å². The van der Waals surface area contributed by atoms with Crippen molar-refractivity contribution in [3.05, 3.63) is 83.8 Å². The summed E-state index contributed by atoms with van der Waals surface area (Å²) >= 11 is 0. The van der Waals surface area contributed by atoms with E-state index >= 15 is 0 Å². The van der Waals surface area contributed by atoms with Crippen LogP contribution < -0.4 is 14.8 Å². The van der Waals surface area contributed by atoms with Gasteiger partial charge < -0.3 is 19.9 Å². The van der Waals surface area contributed by atoms with Crippen LogP contribution in [-0.4, -0.2) is 49.7 Å². The first-order chi connectivity index (χ1) is 20.4. The number of nitrogens with zero attached hydrogens (tertiary/aromatic N) is 5. The Morgan fingerprint density at radius 3 is 2.55 bits per heavy atom. The van der Waals surface area contributed by atoms with Gasteiger partial charge in [0.05, 0.1) is 31.5 Å². The molecule has 42 heavy (non-hydrogen) atoms. The van der Waals surface area contributed by atoms with Crippen molar-refractivity contribution in [2.24, 2.45) is 0 Å². The van der Waals surface area contributed by atoms with E-state index in [0.717, 1.165) is 12.1 Å². The highest BCUT2D eigenvalue weighted by Crippen LogP contribution is 2.32. The lowest BCUT2D eigenvalue weighted by Crippen LogP contribution is -2.08. The maximum atomic E-state index is 14.9. The SMILES string of the molecule is CCOc1cc(F)c(Cn2nc(-c3ncc(OCCCO)c(Nc4ccnc(C(F)F)c4)n3)c3ccccc32)c(F)c1. The lowest BCUT2D eigenvalue weighted by Gasteiger charge is -2.13. The number of aliphatic hydroxyl groups is 1. The Balaban J connectivity index is 1.55. The van der Waals surface area contributed by atoms with Gasteiger partial charge in [0, 0.05) is 48.0 Å². The maximum absolute atomic E-state index is 14.9. The molecule has 13 heteroatoms. The molecule has 5 rings (SSSR count). The molecule has 0 aliphatic heterocycles. The molecule has 2 N–H and O–H groups in total. The Kier molecular flexibility index (Phi) is 8.77. The highest BCUT2D eigenvalue weighted by Gasteiger charge is 2.20. The zero-order valence-corrected chi connectivity index (χ0v) is 22.4. The summed E-state index contributed by atoms with van der Waals surface area (Å²) in [4.78, 5) is 12.6. The van der Waals surface area contributed by atoms with Crippen molar-refractivity contribution in [3.8, 4) is 23.0 Å². The largest absolute Gasteiger partial charge is 0.494 e. The number of aliphatic hydroxyl groups excluding tert-OH is 1. The van der Waals surface area contributed by atoms with Gasteiger partial charge in [0.15, 0.2) is 17.4 Å². The molecule has 0 saturated carbocycles. The molecule has 0 aliphatic carbocycles. The van der Waals surface area contributed by atoms with Gasteiger partial charge in [-0.1, -0.05) is 18.2 Å². The standard InChI is InChI=1S/C29H26F4N6O3/c1-2-41-18-13-21(30)20(22(31)14-18)16-39-24-7-4-3-6-19(24)26(38-39)29-35-15-25(42-11-5-10-40)28(37-29)36-17-8-9-34-23(12-17)27(32)33/h3-4,6-9,12-15,27,40H,2,5,10-11,16H2,1H3,(H,34,35,36,37). The average molecular weight is 583 g/mol. The fourth-order valence-corrected chi connectivity index (χ4v) is 4.25. The van der Waals surface area contributed by atoms with E-state index in [-0.39, 0.29) is 60.8 Å². The number of ether oxygens (including phenoxy) is 2. The van der Waals surface area contributed by atoms with Crippen LogP contribution in [0.3, 0.4) is 0 Å². The van der Waals surface area contributed by atoms with Gasteiger partial charge in [-0.15, -0.1) is 0 Å². The third kappa shape index (κ3) is 6.25. The minimum Gasteiger partial charge on any atom is -0.494 e. The molecule has 5 aromatic rings. The van der Waals surface area contributed by atoms with Crippen molar-refractivity contribution in [1.29, 1.82) is 0 Å². The van der Waals surface area contributed by atoms with Crippen molar-refractivity contribution >= 4 is 22.4 Å². The number of alkyl halides is 2. The first-order valence-electron chi connectivity index (χ1n) is 13.1. The summed E-state index contributed by atoms with van der Waals surface area (Å²) in [7, 11) is 0. The molecule has 0 radical (unpaired) electrons. The number of benzene rings is 2. The Labute approximate surface area is 237 Å². The summed E-state index contributed by atoms with van der Waals surface area (Å²) < 4.78 is 68.6. The smallest absolute Gasteiger partial charge is 0.280 e. The van der Waals surface area contributed by atoms with Crippen LogP contribution in [0.2, 0.25) is 0 Å². The molecule has 218 valence electrons. The minimum atomic E-state index is -2.77. The number of rotatable bonds is 12. The van der Waals surface area contributed by atoms with Gasteiger partial charge in [-0.25, -0.2) is 27.5 Å². The molecule has 2 aromatic carbocycles. The Hall–Kier alpha value is -4.78. The predicted octanol–water partition coefficient (Wildman–Crippen LogP) is 6.06. The molecule has 0 spiro atoms. The number of nitrogens with one attached hydrogen (secondary N) is 1. The number of hydrogen-bond donors (Lipinski definition) is 2. The normalized spacial score (nSPS) is 11.3. The van der Waals surface area contributed by atoms with Crippen LogP contribution >= 0.6 is 0 Å². The van der Waals surface area contributed by atoms with Crippen LogP contribution in [0.5, 0.6) is 11.5 Å². The van der Waals surface area contributed by atoms with Crippen LogP contribution in [0.4, 0.5) is 29.1 Å². The molecule has 0 unspecified atom stereocenters. The fourth-order valence-electron chi connectivity index (χ4n) is 4.25. The first-order valence-corrected chi connectivity index (χ1v) is 13.1. The van der Waals surface area contributed by atoms with Gasteiger partial charge >= 0.3 is 0 Å². The fraction of sp³-hybridized carbons (Fsp3) is 0.241. The zero-order valence-electron chi connectivity index (χ0n) is 22.4. The van der Waals surface area contributed by atoms with Crippen LogP contribution in [0.25, 0.3) is 22.4 Å². The molecule has 9 nitrogen and oxygen atoms in total. The second kappa shape index (κ2) is 12.8. The topological polar surface area (TPSA) is 107 Å². The summed E-state index contributed by atoms with van der Waals surface area (Å²) in [5, 5.41) is 17.3. The molecule has 0 saturated heterocycles. The predicted molar refractivity (Wildman–Crippen MR) is 147 cm³/mol. The van der Waals surface area contributed by atoms with E-state index in [1.165, 1.54) is 29.2 Å². The third-order valence-corrected chi connectivity index (χ3v) is 6.19. The quantitative estimate of drug-likeness (QED) is 0.135. The Morgan fingerprint density at radius 2 is 1.81 bits per heavy atom. The minimum absolute atomic E-state index is 0.0897. The zero-order chi connectivity index (χ0) is 29.6. The Morgan fingerprint density at radius 1 is 1.02 bits per heavy atom. The maximum Gasteiger partial charge on any atom is 0.280 e. The van der Waals surface area contributed by atoms with E-state index in [0.29, 0.717) is 23.0 Å². The van der Waals surface area contributed by atoms with E-state index in [2.05, 4.69) is 25.4 Å². The summed E-state index contributed by atoms with van der Waals surface area (Å²) in [5.74, 6) is -0.930. The number of anilines is 2. The lowest BCUT2D eigenvalue weighted by atomic mass is 10.1. The van der Waals surface area contributed by atoms with Crippen molar-refractivity contribution < 1.29 is 32.1 Å². The second-order valence-corrected chi connectivity index (χ2v) is 9.05. The molecular formula is C29H26F4N6O3. The van der Waals surface area contributed by atoms with Crippen LogP contribution in [0.1, 0.15) is 31.0 Å². The van der Waals surface area contributed by atoms with Crippen molar-refractivity contribution in [2.75, 3.05) is 25.1 Å². The number of hydrogen-bond acceptors (Lipinski definition) is 8. The van der Waals surface area contributed by atoms with Crippen molar-refractivity contribution in [3.63, 3.8) is 0 Å². The van der Waals surface area contributed by atoms with E-state index in [9.17, 15) is 17.6 Å². The van der Waals surface area contributed by atoms with Crippen LogP contribution in [0.15, 0.2) is 60.9 Å². The summed E-state index contributed by atoms with van der Waals surface area (Å²) in [6.07, 6.45) is 0.219.